The van der Waals surface area contributed by atoms with Crippen LogP contribution in [-0.2, 0) is 0 Å². The average Bonchev–Trinajstić information content (AvgIpc) is 1.41. The van der Waals surface area contributed by atoms with Crippen LogP contribution in [0, 0.1) is 40.8 Å². The van der Waals surface area contributed by atoms with Crippen molar-refractivity contribution in [3.8, 4) is 0 Å². The zero-order chi connectivity index (χ0) is 13.5. The van der Waals surface area contributed by atoms with Gasteiger partial charge in [0.05, 0.1) is 0 Å². The second-order valence-corrected chi connectivity index (χ2v) is 1.48. The van der Waals surface area contributed by atoms with Crippen molar-refractivity contribution >= 4 is 21.8 Å². The van der Waals surface area contributed by atoms with Crippen LogP contribution >= 0.6 is 0 Å². The predicted molar refractivity (Wildman–Crippen MR) is 30.6 cm³/mol. The fraction of sp³-hybridized carbons (Fsp3) is 0. The van der Waals surface area contributed by atoms with Crippen molar-refractivity contribution in [1.82, 2.24) is 0 Å². The second-order valence-electron chi connectivity index (χ2n) is 1.48. The first-order valence-electron chi connectivity index (χ1n) is 2.62. The molecule has 0 amide bonds. The fourth-order valence-corrected chi connectivity index (χ4v) is 0. The first-order valence-corrected chi connectivity index (χ1v) is 2.62. The van der Waals surface area contributed by atoms with E-state index in [9.17, 15) is 51.8 Å². The largest absolute Gasteiger partial charge is 3.00 e. The molecule has 0 fully saturated rings. The summed E-state index contributed by atoms with van der Waals surface area (Å²) >= 11 is 0. The Bertz CT molecular complexity index is 91.3. The molecule has 0 unspecified atom stereocenters. The molecule has 0 N–H and O–H groups in total. The normalized spacial score (nSPS) is 11.2. The van der Waals surface area contributed by atoms with E-state index in [2.05, 4.69) is 0 Å². The Balaban J connectivity index is -0.0000000655. The zero-order valence-corrected chi connectivity index (χ0v) is 9.98. The second kappa shape index (κ2) is 9.71. The van der Waals surface area contributed by atoms with Gasteiger partial charge in [-0.05, 0) is 0 Å². The van der Waals surface area contributed by atoms with Crippen LogP contribution in [0.15, 0.2) is 0 Å². The van der Waals surface area contributed by atoms with Crippen LogP contribution in [0.1, 0.15) is 0 Å². The molecule has 1 radical (unpaired) electrons. The molecule has 0 aliphatic heterocycles. The summed E-state index contributed by atoms with van der Waals surface area (Å²) in [4.78, 5) is 0. The van der Waals surface area contributed by atoms with E-state index in [1.807, 2.05) is 0 Å². The van der Waals surface area contributed by atoms with Crippen molar-refractivity contribution in [2.45, 2.75) is 0 Å². The van der Waals surface area contributed by atoms with E-state index >= 15 is 0 Å². The van der Waals surface area contributed by atoms with Gasteiger partial charge in [0.2, 0.25) is 0 Å². The van der Waals surface area contributed by atoms with Gasteiger partial charge in [-0.15, -0.1) is 0 Å². The van der Waals surface area contributed by atoms with Crippen LogP contribution in [0.5, 0.6) is 0 Å². The average molecular weight is 405 g/mol. The maximum absolute atomic E-state index is 9.75. The number of rotatable bonds is 0. The van der Waals surface area contributed by atoms with E-state index in [0.717, 1.165) is 0 Å². The van der Waals surface area contributed by atoms with E-state index in [1.54, 1.807) is 0 Å². The third-order valence-corrected chi connectivity index (χ3v) is 0. The van der Waals surface area contributed by atoms with Gasteiger partial charge in [0, 0.05) is 0 Å². The van der Waals surface area contributed by atoms with Gasteiger partial charge in [-0.1, -0.05) is 0 Å². The van der Waals surface area contributed by atoms with Gasteiger partial charge in [-0.3, -0.25) is 0 Å². The van der Waals surface area contributed by atoms with E-state index in [4.69, 9.17) is 0 Å². The Morgan fingerprint density at radius 3 is 0.312 bits per heavy atom. The minimum Gasteiger partial charge on any atom is -0.418 e. The molecular formula is B3F12Nd. The van der Waals surface area contributed by atoms with Gasteiger partial charge in [0.25, 0.3) is 0 Å². The first-order chi connectivity index (χ1) is 6.00. The van der Waals surface area contributed by atoms with Gasteiger partial charge < -0.3 is 51.8 Å². The van der Waals surface area contributed by atoms with Crippen molar-refractivity contribution in [2.24, 2.45) is 0 Å². The topological polar surface area (TPSA) is 0 Å². The summed E-state index contributed by atoms with van der Waals surface area (Å²) in [7, 11) is -18.0. The van der Waals surface area contributed by atoms with Crippen LogP contribution in [0.3, 0.4) is 0 Å². The van der Waals surface area contributed by atoms with Gasteiger partial charge in [0.15, 0.2) is 0 Å². The Kier molecular flexibility index (Phi) is 15.5. The third-order valence-electron chi connectivity index (χ3n) is 0. The van der Waals surface area contributed by atoms with Crippen molar-refractivity contribution in [1.29, 1.82) is 0 Å². The molecule has 0 atom stereocenters. The quantitative estimate of drug-likeness (QED) is 0.424. The van der Waals surface area contributed by atoms with Crippen LogP contribution in [0.2, 0.25) is 0 Å². The monoisotopic (exact) mass is 403 g/mol. The first kappa shape index (κ1) is 25.5. The smallest absolute Gasteiger partial charge is 0.418 e. The van der Waals surface area contributed by atoms with Crippen LogP contribution in [0.25, 0.3) is 0 Å². The van der Waals surface area contributed by atoms with Gasteiger partial charge in [-0.2, -0.15) is 0 Å². The fourth-order valence-electron chi connectivity index (χ4n) is 0. The molecule has 0 aliphatic rings. The molecule has 0 aromatic rings. The summed E-state index contributed by atoms with van der Waals surface area (Å²) in [6, 6.07) is 0. The standard InChI is InChI=1S/3BF4.Nd/c3*2-1(3,4)5;/q3*-1;+3. The number of hydrogen-bond donors (Lipinski definition) is 0. The van der Waals surface area contributed by atoms with E-state index < -0.39 is 21.8 Å². The molecule has 16 heavy (non-hydrogen) atoms. The summed E-state index contributed by atoms with van der Waals surface area (Å²) in [5.74, 6) is 0. The van der Waals surface area contributed by atoms with Crippen LogP contribution in [-0.4, -0.2) is 21.8 Å². The van der Waals surface area contributed by atoms with Crippen molar-refractivity contribution < 1.29 is 92.6 Å². The van der Waals surface area contributed by atoms with Gasteiger partial charge in [-0.25, -0.2) is 0 Å². The Morgan fingerprint density at radius 1 is 0.312 bits per heavy atom. The minimum absolute atomic E-state index is 0. The third kappa shape index (κ3) is 5550. The number of hydrogen-bond acceptors (Lipinski definition) is 0. The molecule has 0 nitrogen and oxygen atoms in total. The molecule has 97 valence electrons. The molecule has 0 saturated carbocycles. The maximum atomic E-state index is 9.75. The van der Waals surface area contributed by atoms with E-state index in [-0.39, 0.29) is 40.8 Å². The molecule has 0 aliphatic carbocycles. The molecule has 0 rings (SSSR count). The molecular weight excluding hydrogens is 405 g/mol. The van der Waals surface area contributed by atoms with Gasteiger partial charge in [0.1, 0.15) is 0 Å². The van der Waals surface area contributed by atoms with Gasteiger partial charge >= 0.3 is 62.6 Å². The zero-order valence-electron chi connectivity index (χ0n) is 6.77. The Hall–Kier alpha value is 0.705. The SMILES string of the molecule is F[B-](F)(F)F.F[B-](F)(F)F.F[B-](F)(F)F.[Nd+3]. The summed E-state index contributed by atoms with van der Waals surface area (Å²) < 4.78 is 117. The Morgan fingerprint density at radius 2 is 0.312 bits per heavy atom. The summed E-state index contributed by atoms with van der Waals surface area (Å²) in [5, 5.41) is 0. The summed E-state index contributed by atoms with van der Waals surface area (Å²) in [6.07, 6.45) is 0. The van der Waals surface area contributed by atoms with Crippen molar-refractivity contribution in [3.63, 3.8) is 0 Å². The molecule has 0 aromatic heterocycles. The predicted octanol–water partition coefficient (Wildman–Crippen LogP) is 3.90. The van der Waals surface area contributed by atoms with E-state index in [0.29, 0.717) is 0 Å². The molecule has 0 heterocycles. The summed E-state index contributed by atoms with van der Waals surface area (Å²) in [6.45, 7) is 0. The number of halogens is 12. The Labute approximate surface area is 114 Å². The molecule has 0 spiro atoms. The van der Waals surface area contributed by atoms with Crippen molar-refractivity contribution in [3.05, 3.63) is 0 Å². The summed E-state index contributed by atoms with van der Waals surface area (Å²) in [5.41, 5.74) is 0. The minimum atomic E-state index is -6.00. The maximum Gasteiger partial charge on any atom is 3.00 e. The van der Waals surface area contributed by atoms with Crippen LogP contribution < -0.4 is 0 Å². The molecule has 16 heteroatoms. The van der Waals surface area contributed by atoms with E-state index in [1.165, 1.54) is 0 Å². The van der Waals surface area contributed by atoms with Crippen LogP contribution in [0.4, 0.5) is 51.8 Å². The molecule has 0 bridgehead atoms. The molecule has 0 aromatic carbocycles. The molecule has 0 saturated heterocycles. The van der Waals surface area contributed by atoms with Crippen molar-refractivity contribution in [2.75, 3.05) is 0 Å².